The number of piperazine rings is 1. The van der Waals surface area contributed by atoms with E-state index in [1.807, 2.05) is 18.2 Å². The van der Waals surface area contributed by atoms with Crippen molar-refractivity contribution in [3.63, 3.8) is 0 Å². The number of hydrogen-bond donors (Lipinski definition) is 1. The number of nitrogens with zero attached hydrogens (tertiary/aromatic N) is 3. The lowest BCUT2D eigenvalue weighted by Gasteiger charge is -2.32. The molecule has 0 bridgehead atoms. The lowest BCUT2D eigenvalue weighted by molar-refractivity contribution is 0.0949. The largest absolute Gasteiger partial charge is 0.352 e. The molecule has 2 aromatic rings. The summed E-state index contributed by atoms with van der Waals surface area (Å²) in [6.07, 6.45) is 2.12. The van der Waals surface area contributed by atoms with Crippen LogP contribution in [0.25, 0.3) is 0 Å². The van der Waals surface area contributed by atoms with Crippen LogP contribution in [0.3, 0.4) is 0 Å². The third-order valence-corrected chi connectivity index (χ3v) is 6.66. The van der Waals surface area contributed by atoms with E-state index in [2.05, 4.69) is 22.2 Å². The number of hydrogen-bond acceptors (Lipinski definition) is 5. The number of amides is 1. The first kappa shape index (κ1) is 23.2. The van der Waals surface area contributed by atoms with Gasteiger partial charge < -0.3 is 15.1 Å². The molecular formula is C23H32N4O3S. The van der Waals surface area contributed by atoms with Crippen LogP contribution in [-0.4, -0.2) is 76.7 Å². The highest BCUT2D eigenvalue weighted by Crippen LogP contribution is 2.20. The summed E-state index contributed by atoms with van der Waals surface area (Å²) in [5.41, 5.74) is 2.02. The first-order chi connectivity index (χ1) is 14.8. The molecule has 8 heteroatoms. The van der Waals surface area contributed by atoms with E-state index in [0.717, 1.165) is 44.7 Å². The molecule has 3 rings (SSSR count). The van der Waals surface area contributed by atoms with Crippen molar-refractivity contribution in [2.75, 3.05) is 56.9 Å². The van der Waals surface area contributed by atoms with Crippen LogP contribution in [-0.2, 0) is 16.6 Å². The molecule has 168 valence electrons. The average Bonchev–Trinajstić information content (AvgIpc) is 2.76. The maximum Gasteiger partial charge on any atom is 0.251 e. The lowest BCUT2D eigenvalue weighted by Crippen LogP contribution is -2.45. The van der Waals surface area contributed by atoms with Crippen LogP contribution in [0.5, 0.6) is 0 Å². The van der Waals surface area contributed by atoms with Gasteiger partial charge in [-0.25, -0.2) is 8.42 Å². The molecular weight excluding hydrogens is 412 g/mol. The Morgan fingerprint density at radius 3 is 2.26 bits per heavy atom. The van der Waals surface area contributed by atoms with Gasteiger partial charge in [-0.1, -0.05) is 30.3 Å². The smallest absolute Gasteiger partial charge is 0.251 e. The van der Waals surface area contributed by atoms with Crippen molar-refractivity contribution in [2.24, 2.45) is 0 Å². The van der Waals surface area contributed by atoms with Crippen LogP contribution in [0.1, 0.15) is 22.3 Å². The number of nitrogens with one attached hydrogen (secondary N) is 1. The number of anilines is 1. The molecule has 2 aromatic carbocycles. The first-order valence-corrected chi connectivity index (χ1v) is 12.5. The first-order valence-electron chi connectivity index (χ1n) is 10.6. The van der Waals surface area contributed by atoms with Crippen molar-refractivity contribution in [1.82, 2.24) is 15.1 Å². The fraction of sp³-hybridized carbons (Fsp3) is 0.435. The van der Waals surface area contributed by atoms with Crippen molar-refractivity contribution in [1.29, 1.82) is 0 Å². The molecule has 31 heavy (non-hydrogen) atoms. The van der Waals surface area contributed by atoms with Crippen LogP contribution in [0, 0.1) is 0 Å². The Morgan fingerprint density at radius 2 is 1.65 bits per heavy atom. The Morgan fingerprint density at radius 1 is 1.00 bits per heavy atom. The van der Waals surface area contributed by atoms with Crippen molar-refractivity contribution in [3.05, 3.63) is 65.7 Å². The van der Waals surface area contributed by atoms with Crippen molar-refractivity contribution < 1.29 is 13.2 Å². The minimum absolute atomic E-state index is 0.104. The number of likely N-dealkylation sites (N-methyl/N-ethyl adjacent to an activating group) is 1. The van der Waals surface area contributed by atoms with E-state index in [1.165, 1.54) is 10.6 Å². The summed E-state index contributed by atoms with van der Waals surface area (Å²) in [6, 6.07) is 16.1. The topological polar surface area (TPSA) is 73.0 Å². The van der Waals surface area contributed by atoms with Gasteiger partial charge in [0.1, 0.15) is 0 Å². The van der Waals surface area contributed by atoms with Crippen LogP contribution in [0.15, 0.2) is 54.6 Å². The highest BCUT2D eigenvalue weighted by Gasteiger charge is 2.18. The Hall–Kier alpha value is -2.42. The second-order valence-electron chi connectivity index (χ2n) is 8.06. The van der Waals surface area contributed by atoms with E-state index in [0.29, 0.717) is 17.8 Å². The predicted molar refractivity (Wildman–Crippen MR) is 125 cm³/mol. The van der Waals surface area contributed by atoms with Crippen LogP contribution < -0.4 is 9.62 Å². The van der Waals surface area contributed by atoms with Gasteiger partial charge in [0.15, 0.2) is 0 Å². The summed E-state index contributed by atoms with van der Waals surface area (Å²) in [5.74, 6) is -0.104. The zero-order valence-electron chi connectivity index (χ0n) is 18.3. The van der Waals surface area contributed by atoms with E-state index < -0.39 is 10.0 Å². The summed E-state index contributed by atoms with van der Waals surface area (Å²) in [6.45, 7) is 6.21. The fourth-order valence-electron chi connectivity index (χ4n) is 3.60. The van der Waals surface area contributed by atoms with Crippen molar-refractivity contribution >= 4 is 21.6 Å². The molecule has 1 fully saturated rings. The quantitative estimate of drug-likeness (QED) is 0.599. The third-order valence-electron chi connectivity index (χ3n) is 5.52. The van der Waals surface area contributed by atoms with Crippen LogP contribution in [0.2, 0.25) is 0 Å². The third kappa shape index (κ3) is 7.05. The highest BCUT2D eigenvalue weighted by molar-refractivity contribution is 7.92. The van der Waals surface area contributed by atoms with E-state index in [4.69, 9.17) is 0 Å². The predicted octanol–water partition coefficient (Wildman–Crippen LogP) is 2.02. The monoisotopic (exact) mass is 444 g/mol. The molecule has 1 aliphatic heterocycles. The maximum absolute atomic E-state index is 12.4. The van der Waals surface area contributed by atoms with Gasteiger partial charge in [-0.15, -0.1) is 0 Å². The van der Waals surface area contributed by atoms with Gasteiger partial charge in [0.25, 0.3) is 5.91 Å². The van der Waals surface area contributed by atoms with Gasteiger partial charge in [0, 0.05) is 38.3 Å². The molecule has 1 N–H and O–H groups in total. The molecule has 0 aliphatic carbocycles. The molecule has 0 aromatic heterocycles. The summed E-state index contributed by atoms with van der Waals surface area (Å²) in [7, 11) is -1.28. The van der Waals surface area contributed by atoms with Gasteiger partial charge in [-0.3, -0.25) is 9.10 Å². The molecule has 0 radical (unpaired) electrons. The lowest BCUT2D eigenvalue weighted by atomic mass is 10.1. The second kappa shape index (κ2) is 10.7. The number of sulfonamides is 1. The maximum atomic E-state index is 12.4. The molecule has 7 nitrogen and oxygen atoms in total. The zero-order valence-corrected chi connectivity index (χ0v) is 19.1. The average molecular weight is 445 g/mol. The number of rotatable bonds is 9. The van der Waals surface area contributed by atoms with Crippen molar-refractivity contribution in [2.45, 2.75) is 13.0 Å². The Bertz CT molecular complexity index is 941. The minimum atomic E-state index is -3.42. The van der Waals surface area contributed by atoms with E-state index in [-0.39, 0.29) is 12.5 Å². The Labute approximate surface area is 185 Å². The molecule has 0 atom stereocenters. The Balaban J connectivity index is 1.50. The second-order valence-corrected chi connectivity index (χ2v) is 9.96. The SMILES string of the molecule is CN1CCN(CCCNC(=O)c2ccc(CN(c3ccccc3)S(C)(=O)=O)cc2)CC1. The number of para-hydroxylation sites is 1. The molecule has 1 amide bonds. The van der Waals surface area contributed by atoms with Gasteiger partial charge in [-0.2, -0.15) is 0 Å². The zero-order chi connectivity index (χ0) is 22.3. The highest BCUT2D eigenvalue weighted by atomic mass is 32.2. The summed E-state index contributed by atoms with van der Waals surface area (Å²) < 4.78 is 25.9. The minimum Gasteiger partial charge on any atom is -0.352 e. The number of carbonyl (C=O) groups is 1. The molecule has 0 saturated carbocycles. The van der Waals surface area contributed by atoms with E-state index in [1.54, 1.807) is 36.4 Å². The molecule has 1 heterocycles. The van der Waals surface area contributed by atoms with Crippen molar-refractivity contribution in [3.8, 4) is 0 Å². The summed E-state index contributed by atoms with van der Waals surface area (Å²) in [4.78, 5) is 17.2. The van der Waals surface area contributed by atoms with E-state index in [9.17, 15) is 13.2 Å². The standard InChI is InChI=1S/C23H32N4O3S/c1-25-15-17-26(18-16-25)14-6-13-24-23(28)21-11-9-20(10-12-21)19-27(31(2,29)30)22-7-4-3-5-8-22/h3-5,7-12H,6,13-19H2,1-2H3,(H,24,28). The summed E-state index contributed by atoms with van der Waals surface area (Å²) >= 11 is 0. The van der Waals surface area contributed by atoms with Gasteiger partial charge in [0.2, 0.25) is 10.0 Å². The number of benzene rings is 2. The molecule has 0 spiro atoms. The summed E-state index contributed by atoms with van der Waals surface area (Å²) in [5, 5.41) is 2.98. The molecule has 1 saturated heterocycles. The van der Waals surface area contributed by atoms with Crippen LogP contribution >= 0.6 is 0 Å². The molecule has 1 aliphatic rings. The van der Waals surface area contributed by atoms with Gasteiger partial charge in [0.05, 0.1) is 18.5 Å². The fourth-order valence-corrected chi connectivity index (χ4v) is 4.49. The normalized spacial score (nSPS) is 15.5. The van der Waals surface area contributed by atoms with Crippen LogP contribution in [0.4, 0.5) is 5.69 Å². The van der Waals surface area contributed by atoms with Gasteiger partial charge >= 0.3 is 0 Å². The Kier molecular flexibility index (Phi) is 8.06. The van der Waals surface area contributed by atoms with E-state index >= 15 is 0 Å². The molecule has 0 unspecified atom stereocenters. The number of carbonyl (C=O) groups excluding carboxylic acids is 1. The van der Waals surface area contributed by atoms with Gasteiger partial charge in [-0.05, 0) is 49.8 Å².